The Morgan fingerprint density at radius 2 is 2.06 bits per heavy atom. The molecular weight excluding hydrogens is 230 g/mol. The number of amides is 1. The largest absolute Gasteiger partial charge is 0.305 e. The third kappa shape index (κ3) is 2.63. The first-order chi connectivity index (χ1) is 8.33. The van der Waals surface area contributed by atoms with Gasteiger partial charge >= 0.3 is 0 Å². The summed E-state index contributed by atoms with van der Waals surface area (Å²) in [7, 11) is 0. The van der Waals surface area contributed by atoms with Gasteiger partial charge < -0.3 is 4.90 Å². The number of rotatable bonds is 4. The Kier molecular flexibility index (Phi) is 3.73. The molecule has 1 amide bonds. The molecule has 1 aromatic carbocycles. The van der Waals surface area contributed by atoms with Gasteiger partial charge in [0.15, 0.2) is 0 Å². The first kappa shape index (κ1) is 11.6. The lowest BCUT2D eigenvalue weighted by atomic mass is 10.2. The normalized spacial score (nSPS) is 9.88. The zero-order valence-corrected chi connectivity index (χ0v) is 10.2. The number of para-hydroxylation sites is 1. The minimum absolute atomic E-state index is 0.0114. The first-order valence-corrected chi connectivity index (χ1v) is 6.27. The van der Waals surface area contributed by atoms with Crippen molar-refractivity contribution in [3.05, 3.63) is 65.4 Å². The molecule has 0 aliphatic carbocycles. The van der Waals surface area contributed by atoms with Crippen molar-refractivity contribution in [2.24, 2.45) is 0 Å². The van der Waals surface area contributed by atoms with Gasteiger partial charge in [0, 0.05) is 17.6 Å². The maximum atomic E-state index is 12.3. The van der Waals surface area contributed by atoms with Crippen molar-refractivity contribution >= 4 is 22.9 Å². The average molecular weight is 243 g/mol. The van der Waals surface area contributed by atoms with Crippen molar-refractivity contribution in [3.8, 4) is 0 Å². The van der Waals surface area contributed by atoms with E-state index < -0.39 is 0 Å². The van der Waals surface area contributed by atoms with Gasteiger partial charge in [-0.1, -0.05) is 24.3 Å². The second-order valence-electron chi connectivity index (χ2n) is 3.55. The maximum absolute atomic E-state index is 12.3. The number of hydrogen-bond acceptors (Lipinski definition) is 2. The van der Waals surface area contributed by atoms with E-state index >= 15 is 0 Å². The predicted octanol–water partition coefficient (Wildman–Crippen LogP) is 3.58. The number of hydrogen-bond donors (Lipinski definition) is 0. The first-order valence-electron chi connectivity index (χ1n) is 5.33. The van der Waals surface area contributed by atoms with Crippen LogP contribution in [0.2, 0.25) is 0 Å². The minimum atomic E-state index is 0.0114. The summed E-state index contributed by atoms with van der Waals surface area (Å²) in [5.41, 5.74) is 1.62. The van der Waals surface area contributed by atoms with E-state index in [9.17, 15) is 4.79 Å². The average Bonchev–Trinajstić information content (AvgIpc) is 2.90. The SMILES string of the molecule is C=CCN(C(=O)c1ccsc1)c1ccccc1. The Hall–Kier alpha value is -1.87. The van der Waals surface area contributed by atoms with E-state index in [-0.39, 0.29) is 5.91 Å². The minimum Gasteiger partial charge on any atom is -0.305 e. The second-order valence-corrected chi connectivity index (χ2v) is 4.33. The fourth-order valence-electron chi connectivity index (χ4n) is 1.58. The molecule has 0 atom stereocenters. The highest BCUT2D eigenvalue weighted by atomic mass is 32.1. The Morgan fingerprint density at radius 3 is 2.65 bits per heavy atom. The van der Waals surface area contributed by atoms with Gasteiger partial charge in [-0.05, 0) is 23.6 Å². The molecule has 2 nitrogen and oxygen atoms in total. The zero-order chi connectivity index (χ0) is 12.1. The predicted molar refractivity (Wildman–Crippen MR) is 72.6 cm³/mol. The van der Waals surface area contributed by atoms with Crippen molar-refractivity contribution in [3.63, 3.8) is 0 Å². The van der Waals surface area contributed by atoms with Crippen LogP contribution in [0.3, 0.4) is 0 Å². The van der Waals surface area contributed by atoms with Crippen LogP contribution in [0.4, 0.5) is 5.69 Å². The summed E-state index contributed by atoms with van der Waals surface area (Å²) in [6.45, 7) is 4.21. The van der Waals surface area contributed by atoms with Crippen LogP contribution >= 0.6 is 11.3 Å². The molecule has 2 rings (SSSR count). The molecule has 2 aromatic rings. The Balaban J connectivity index is 2.30. The molecule has 3 heteroatoms. The van der Waals surface area contributed by atoms with E-state index in [1.165, 1.54) is 11.3 Å². The van der Waals surface area contributed by atoms with E-state index in [1.54, 1.807) is 11.0 Å². The molecular formula is C14H13NOS. The molecule has 0 saturated heterocycles. The molecule has 0 saturated carbocycles. The van der Waals surface area contributed by atoms with Crippen molar-refractivity contribution < 1.29 is 4.79 Å². The number of nitrogens with zero attached hydrogens (tertiary/aromatic N) is 1. The maximum Gasteiger partial charge on any atom is 0.259 e. The Bertz CT molecular complexity index is 490. The van der Waals surface area contributed by atoms with Gasteiger partial charge in [0.25, 0.3) is 5.91 Å². The van der Waals surface area contributed by atoms with Crippen molar-refractivity contribution in [2.45, 2.75) is 0 Å². The molecule has 0 bridgehead atoms. The van der Waals surface area contributed by atoms with Crippen molar-refractivity contribution in [1.29, 1.82) is 0 Å². The lowest BCUT2D eigenvalue weighted by Crippen LogP contribution is -2.30. The summed E-state index contributed by atoms with van der Waals surface area (Å²) in [4.78, 5) is 14.0. The number of thiophene rings is 1. The smallest absolute Gasteiger partial charge is 0.259 e. The van der Waals surface area contributed by atoms with Crippen LogP contribution < -0.4 is 4.90 Å². The lowest BCUT2D eigenvalue weighted by Gasteiger charge is -2.20. The molecule has 1 heterocycles. The van der Waals surface area contributed by atoms with Gasteiger partial charge in [-0.3, -0.25) is 4.79 Å². The number of anilines is 1. The van der Waals surface area contributed by atoms with Gasteiger partial charge in [0.05, 0.1) is 5.56 Å². The van der Waals surface area contributed by atoms with Crippen LogP contribution in [-0.4, -0.2) is 12.5 Å². The van der Waals surface area contributed by atoms with Crippen LogP contribution in [0.25, 0.3) is 0 Å². The van der Waals surface area contributed by atoms with Crippen LogP contribution in [0.5, 0.6) is 0 Å². The number of benzene rings is 1. The highest BCUT2D eigenvalue weighted by Crippen LogP contribution is 2.18. The highest BCUT2D eigenvalue weighted by Gasteiger charge is 2.16. The molecule has 0 fully saturated rings. The van der Waals surface area contributed by atoms with Gasteiger partial charge in [0.2, 0.25) is 0 Å². The lowest BCUT2D eigenvalue weighted by molar-refractivity contribution is 0.0990. The molecule has 0 unspecified atom stereocenters. The highest BCUT2D eigenvalue weighted by molar-refractivity contribution is 7.08. The van der Waals surface area contributed by atoms with Crippen LogP contribution in [0, 0.1) is 0 Å². The molecule has 0 aliphatic heterocycles. The standard InChI is InChI=1S/C14H13NOS/c1-2-9-15(13-6-4-3-5-7-13)14(16)12-8-10-17-11-12/h2-8,10-11H,1,9H2. The van der Waals surface area contributed by atoms with Crippen LogP contribution in [-0.2, 0) is 0 Å². The fourth-order valence-corrected chi connectivity index (χ4v) is 2.21. The van der Waals surface area contributed by atoms with Gasteiger partial charge in [-0.25, -0.2) is 0 Å². The quantitative estimate of drug-likeness (QED) is 0.752. The summed E-state index contributed by atoms with van der Waals surface area (Å²) in [5, 5.41) is 3.77. The van der Waals surface area contributed by atoms with Gasteiger partial charge in [-0.15, -0.1) is 6.58 Å². The topological polar surface area (TPSA) is 20.3 Å². The number of carbonyl (C=O) groups is 1. The van der Waals surface area contributed by atoms with Gasteiger partial charge in [-0.2, -0.15) is 11.3 Å². The summed E-state index contributed by atoms with van der Waals surface area (Å²) in [5.74, 6) is 0.0114. The Morgan fingerprint density at radius 1 is 1.29 bits per heavy atom. The van der Waals surface area contributed by atoms with E-state index in [4.69, 9.17) is 0 Å². The van der Waals surface area contributed by atoms with Crippen LogP contribution in [0.15, 0.2) is 59.8 Å². The van der Waals surface area contributed by atoms with E-state index in [1.807, 2.05) is 47.2 Å². The summed E-state index contributed by atoms with van der Waals surface area (Å²) < 4.78 is 0. The molecule has 0 aliphatic rings. The van der Waals surface area contributed by atoms with Crippen molar-refractivity contribution in [1.82, 2.24) is 0 Å². The summed E-state index contributed by atoms with van der Waals surface area (Å²) >= 11 is 1.53. The van der Waals surface area contributed by atoms with E-state index in [0.717, 1.165) is 11.3 Å². The molecule has 0 spiro atoms. The third-order valence-corrected chi connectivity index (χ3v) is 3.08. The van der Waals surface area contributed by atoms with Gasteiger partial charge in [0.1, 0.15) is 0 Å². The van der Waals surface area contributed by atoms with E-state index in [0.29, 0.717) is 6.54 Å². The summed E-state index contributed by atoms with van der Waals surface area (Å²) in [6.07, 6.45) is 1.73. The van der Waals surface area contributed by atoms with Crippen molar-refractivity contribution in [2.75, 3.05) is 11.4 Å². The molecule has 1 aromatic heterocycles. The Labute approximate surface area is 105 Å². The summed E-state index contributed by atoms with van der Waals surface area (Å²) in [6, 6.07) is 11.5. The molecule has 0 radical (unpaired) electrons. The zero-order valence-electron chi connectivity index (χ0n) is 9.37. The van der Waals surface area contributed by atoms with Crippen LogP contribution in [0.1, 0.15) is 10.4 Å². The molecule has 86 valence electrons. The molecule has 17 heavy (non-hydrogen) atoms. The van der Waals surface area contributed by atoms with E-state index in [2.05, 4.69) is 6.58 Å². The third-order valence-electron chi connectivity index (χ3n) is 2.39. The fraction of sp³-hybridized carbons (Fsp3) is 0.0714. The molecule has 0 N–H and O–H groups in total. The monoisotopic (exact) mass is 243 g/mol. The number of carbonyl (C=O) groups excluding carboxylic acids is 1. The second kappa shape index (κ2) is 5.46.